The van der Waals surface area contributed by atoms with Crippen molar-refractivity contribution in [2.24, 2.45) is 0 Å². The first kappa shape index (κ1) is 11.4. The fraction of sp³-hybridized carbons (Fsp3) is 0.333. The van der Waals surface area contributed by atoms with Crippen LogP contribution in [0, 0.1) is 11.8 Å². The van der Waals surface area contributed by atoms with Crippen LogP contribution in [0.3, 0.4) is 0 Å². The summed E-state index contributed by atoms with van der Waals surface area (Å²) in [4.78, 5) is 0. The molecule has 0 aromatic heterocycles. The van der Waals surface area contributed by atoms with Gasteiger partial charge in [0.1, 0.15) is 0 Å². The Hall–Kier alpha value is -1.08. The predicted molar refractivity (Wildman–Crippen MR) is 58.5 cm³/mol. The van der Waals surface area contributed by atoms with Gasteiger partial charge in [-0.2, -0.15) is 0 Å². The Kier molecular flexibility index (Phi) is 3.45. The van der Waals surface area contributed by atoms with Crippen LogP contribution in [0.15, 0.2) is 30.3 Å². The molecule has 1 aliphatic rings. The minimum absolute atomic E-state index is 0.433. The minimum Gasteiger partial charge on any atom is -0.334 e. The number of ether oxygens (including phenoxy) is 2. The summed E-state index contributed by atoms with van der Waals surface area (Å²) in [6.07, 6.45) is 0. The van der Waals surface area contributed by atoms with Crippen LogP contribution in [0.25, 0.3) is 0 Å². The molecule has 16 heavy (non-hydrogen) atoms. The molecule has 4 heteroatoms. The van der Waals surface area contributed by atoms with Crippen LogP contribution in [0.2, 0.25) is 0 Å². The molecule has 0 radical (unpaired) electrons. The van der Waals surface area contributed by atoms with Crippen molar-refractivity contribution in [3.05, 3.63) is 35.9 Å². The van der Waals surface area contributed by atoms with Crippen LogP contribution in [0.5, 0.6) is 0 Å². The van der Waals surface area contributed by atoms with Gasteiger partial charge in [0.25, 0.3) is 5.79 Å². The van der Waals surface area contributed by atoms with Crippen LogP contribution >= 0.6 is 11.6 Å². The van der Waals surface area contributed by atoms with E-state index in [0.29, 0.717) is 13.2 Å². The summed E-state index contributed by atoms with van der Waals surface area (Å²) in [5.74, 6) is 3.67. The SMILES string of the molecule is FC(Cl)C#CC1(c2ccccc2)OCCO1. The monoisotopic (exact) mass is 240 g/mol. The third-order valence-corrected chi connectivity index (χ3v) is 2.30. The summed E-state index contributed by atoms with van der Waals surface area (Å²) in [5.41, 5.74) is -0.967. The highest BCUT2D eigenvalue weighted by Crippen LogP contribution is 2.30. The Bertz CT molecular complexity index is 402. The molecular formula is C12H10ClFO2. The molecule has 0 saturated carbocycles. The van der Waals surface area contributed by atoms with Gasteiger partial charge in [0.2, 0.25) is 5.63 Å². The molecule has 2 rings (SSSR count). The smallest absolute Gasteiger partial charge is 0.261 e. The lowest BCUT2D eigenvalue weighted by Crippen LogP contribution is -2.25. The van der Waals surface area contributed by atoms with Gasteiger partial charge in [-0.15, -0.1) is 0 Å². The van der Waals surface area contributed by atoms with Crippen molar-refractivity contribution in [2.45, 2.75) is 11.4 Å². The first-order chi connectivity index (χ1) is 7.73. The zero-order chi connectivity index (χ0) is 11.4. The average molecular weight is 241 g/mol. The van der Waals surface area contributed by atoms with Crippen molar-refractivity contribution in [1.29, 1.82) is 0 Å². The summed E-state index contributed by atoms with van der Waals surface area (Å²) < 4.78 is 23.4. The van der Waals surface area contributed by atoms with Gasteiger partial charge in [0.05, 0.1) is 13.2 Å². The van der Waals surface area contributed by atoms with Gasteiger partial charge in [-0.05, 0) is 11.8 Å². The quantitative estimate of drug-likeness (QED) is 0.555. The van der Waals surface area contributed by atoms with Gasteiger partial charge >= 0.3 is 0 Å². The second kappa shape index (κ2) is 4.84. The predicted octanol–water partition coefficient (Wildman–Crippen LogP) is 2.42. The highest BCUT2D eigenvalue weighted by molar-refractivity contribution is 6.21. The average Bonchev–Trinajstić information content (AvgIpc) is 2.78. The van der Waals surface area contributed by atoms with Gasteiger partial charge in [-0.25, -0.2) is 4.39 Å². The van der Waals surface area contributed by atoms with E-state index in [1.807, 2.05) is 30.3 Å². The van der Waals surface area contributed by atoms with Crippen LogP contribution < -0.4 is 0 Å². The Morgan fingerprint density at radius 3 is 2.44 bits per heavy atom. The van der Waals surface area contributed by atoms with Crippen molar-refractivity contribution in [3.8, 4) is 11.8 Å². The number of alkyl halides is 2. The molecule has 84 valence electrons. The lowest BCUT2D eigenvalue weighted by atomic mass is 10.1. The highest BCUT2D eigenvalue weighted by atomic mass is 35.5. The van der Waals surface area contributed by atoms with E-state index >= 15 is 0 Å². The lowest BCUT2D eigenvalue weighted by molar-refractivity contribution is -0.114. The Morgan fingerprint density at radius 2 is 1.88 bits per heavy atom. The molecule has 0 bridgehead atoms. The normalized spacial score (nSPS) is 19.9. The van der Waals surface area contributed by atoms with Gasteiger partial charge in [0, 0.05) is 5.56 Å². The molecule has 1 fully saturated rings. The van der Waals surface area contributed by atoms with E-state index < -0.39 is 11.4 Å². The molecule has 1 unspecified atom stereocenters. The van der Waals surface area contributed by atoms with Crippen molar-refractivity contribution in [3.63, 3.8) is 0 Å². The summed E-state index contributed by atoms with van der Waals surface area (Å²) in [6, 6.07) is 9.21. The maximum absolute atomic E-state index is 12.5. The van der Waals surface area contributed by atoms with Gasteiger partial charge in [-0.3, -0.25) is 0 Å². The summed E-state index contributed by atoms with van der Waals surface area (Å²) >= 11 is 5.15. The standard InChI is InChI=1S/C12H10ClFO2/c13-11(14)6-7-12(15-8-9-16-12)10-4-2-1-3-5-10/h1-5,11H,8-9H2. The maximum atomic E-state index is 12.5. The van der Waals surface area contributed by atoms with Crippen LogP contribution in [-0.2, 0) is 15.3 Å². The molecule has 0 amide bonds. The number of halogens is 2. The molecule has 1 heterocycles. The summed E-state index contributed by atoms with van der Waals surface area (Å²) in [6.45, 7) is 0.867. The van der Waals surface area contributed by atoms with Crippen molar-refractivity contribution in [2.75, 3.05) is 13.2 Å². The zero-order valence-corrected chi connectivity index (χ0v) is 9.21. The topological polar surface area (TPSA) is 18.5 Å². The van der Waals surface area contributed by atoms with Gasteiger partial charge in [-0.1, -0.05) is 41.9 Å². The number of benzene rings is 1. The minimum atomic E-state index is -1.71. The van der Waals surface area contributed by atoms with E-state index in [9.17, 15) is 4.39 Å². The van der Waals surface area contributed by atoms with Crippen LogP contribution in [0.1, 0.15) is 5.56 Å². The van der Waals surface area contributed by atoms with Crippen molar-refractivity contribution < 1.29 is 13.9 Å². The van der Waals surface area contributed by atoms with Crippen molar-refractivity contribution >= 4 is 11.6 Å². The molecule has 0 spiro atoms. The Morgan fingerprint density at radius 1 is 1.25 bits per heavy atom. The molecule has 1 aromatic carbocycles. The number of hydrogen-bond acceptors (Lipinski definition) is 2. The molecule has 1 aromatic rings. The molecule has 2 nitrogen and oxygen atoms in total. The highest BCUT2D eigenvalue weighted by Gasteiger charge is 2.36. The Balaban J connectivity index is 2.34. The van der Waals surface area contributed by atoms with E-state index in [2.05, 4.69) is 11.8 Å². The van der Waals surface area contributed by atoms with E-state index in [1.165, 1.54) is 0 Å². The fourth-order valence-corrected chi connectivity index (χ4v) is 1.59. The van der Waals surface area contributed by atoms with E-state index in [1.54, 1.807) is 0 Å². The fourth-order valence-electron chi connectivity index (χ4n) is 1.53. The first-order valence-electron chi connectivity index (χ1n) is 4.87. The second-order valence-corrected chi connectivity index (χ2v) is 3.63. The zero-order valence-electron chi connectivity index (χ0n) is 8.45. The lowest BCUT2D eigenvalue weighted by Gasteiger charge is -2.21. The van der Waals surface area contributed by atoms with Crippen LogP contribution in [0.4, 0.5) is 4.39 Å². The van der Waals surface area contributed by atoms with Crippen LogP contribution in [-0.4, -0.2) is 18.8 Å². The third-order valence-electron chi connectivity index (χ3n) is 2.19. The first-order valence-corrected chi connectivity index (χ1v) is 5.31. The largest absolute Gasteiger partial charge is 0.334 e. The molecule has 1 atom stereocenters. The van der Waals surface area contributed by atoms with Crippen molar-refractivity contribution in [1.82, 2.24) is 0 Å². The summed E-state index contributed by atoms with van der Waals surface area (Å²) in [7, 11) is 0. The van der Waals surface area contributed by atoms with Gasteiger partial charge < -0.3 is 9.47 Å². The maximum Gasteiger partial charge on any atom is 0.261 e. The molecular weight excluding hydrogens is 231 g/mol. The third kappa shape index (κ3) is 2.35. The molecule has 0 N–H and O–H groups in total. The Labute approximate surface area is 98.3 Å². The number of hydrogen-bond donors (Lipinski definition) is 0. The second-order valence-electron chi connectivity index (χ2n) is 3.25. The number of rotatable bonds is 1. The molecule has 1 saturated heterocycles. The molecule has 1 aliphatic heterocycles. The van der Waals surface area contributed by atoms with E-state index in [-0.39, 0.29) is 0 Å². The van der Waals surface area contributed by atoms with Gasteiger partial charge in [0.15, 0.2) is 0 Å². The molecule has 0 aliphatic carbocycles. The summed E-state index contributed by atoms with van der Waals surface area (Å²) in [5, 5.41) is 0. The van der Waals surface area contributed by atoms with E-state index in [0.717, 1.165) is 5.56 Å². The van der Waals surface area contributed by atoms with E-state index in [4.69, 9.17) is 21.1 Å².